The third-order valence-corrected chi connectivity index (χ3v) is 4.98. The highest BCUT2D eigenvalue weighted by atomic mass is 16.3. The summed E-state index contributed by atoms with van der Waals surface area (Å²) in [5.41, 5.74) is 0.629. The maximum absolute atomic E-state index is 12.6. The molecule has 1 aromatic heterocycles. The molecule has 0 spiro atoms. The van der Waals surface area contributed by atoms with Gasteiger partial charge in [-0.15, -0.1) is 0 Å². The third kappa shape index (κ3) is 3.42. The van der Waals surface area contributed by atoms with Crippen molar-refractivity contribution in [3.63, 3.8) is 0 Å². The molecular weight excluding hydrogens is 314 g/mol. The summed E-state index contributed by atoms with van der Waals surface area (Å²) in [4.78, 5) is 16.6. The van der Waals surface area contributed by atoms with Gasteiger partial charge in [-0.1, -0.05) is 30.3 Å². The molecule has 2 N–H and O–H groups in total. The van der Waals surface area contributed by atoms with Crippen molar-refractivity contribution in [2.24, 2.45) is 5.92 Å². The number of hydrogen-bond donors (Lipinski definition) is 2. The normalized spacial score (nSPS) is 23.0. The number of imidazole rings is 1. The van der Waals surface area contributed by atoms with Gasteiger partial charge in [0.25, 0.3) is 5.91 Å². The molecule has 1 saturated carbocycles. The molecule has 1 fully saturated rings. The van der Waals surface area contributed by atoms with Crippen LogP contribution >= 0.6 is 0 Å². The molecule has 0 radical (unpaired) electrons. The van der Waals surface area contributed by atoms with Gasteiger partial charge in [-0.05, 0) is 41.7 Å². The van der Waals surface area contributed by atoms with E-state index in [-0.39, 0.29) is 11.9 Å². The largest absolute Gasteiger partial charge is 0.391 e. The first kappa shape index (κ1) is 15.8. The van der Waals surface area contributed by atoms with E-state index < -0.39 is 6.10 Å². The van der Waals surface area contributed by atoms with Crippen LogP contribution < -0.4 is 5.32 Å². The number of aromatic nitrogens is 2. The summed E-state index contributed by atoms with van der Waals surface area (Å²) < 4.78 is 2.02. The average Bonchev–Trinajstić information content (AvgIpc) is 3.25. The van der Waals surface area contributed by atoms with E-state index in [9.17, 15) is 9.90 Å². The zero-order valence-corrected chi connectivity index (χ0v) is 13.9. The zero-order chi connectivity index (χ0) is 17.2. The summed E-state index contributed by atoms with van der Waals surface area (Å²) in [6.45, 7) is 0.819. The molecule has 4 rings (SSSR count). The fourth-order valence-corrected chi connectivity index (χ4v) is 3.70. The van der Waals surface area contributed by atoms with Crippen LogP contribution in [0.4, 0.5) is 0 Å². The highest BCUT2D eigenvalue weighted by Gasteiger charge is 2.34. The maximum Gasteiger partial charge on any atom is 0.251 e. The highest BCUT2D eigenvalue weighted by molar-refractivity contribution is 5.98. The number of benzene rings is 2. The minimum absolute atomic E-state index is 0.127. The van der Waals surface area contributed by atoms with Crippen LogP contribution in [0.15, 0.2) is 61.2 Å². The van der Waals surface area contributed by atoms with Gasteiger partial charge in [-0.3, -0.25) is 4.79 Å². The fraction of sp³-hybridized carbons (Fsp3) is 0.300. The van der Waals surface area contributed by atoms with Crippen molar-refractivity contribution < 1.29 is 9.90 Å². The van der Waals surface area contributed by atoms with E-state index in [2.05, 4.69) is 10.3 Å². The quantitative estimate of drug-likeness (QED) is 0.770. The summed E-state index contributed by atoms with van der Waals surface area (Å²) in [7, 11) is 0. The maximum atomic E-state index is 12.6. The van der Waals surface area contributed by atoms with Crippen molar-refractivity contribution in [1.29, 1.82) is 0 Å². The molecule has 5 heteroatoms. The van der Waals surface area contributed by atoms with Gasteiger partial charge >= 0.3 is 0 Å². The van der Waals surface area contributed by atoms with Crippen molar-refractivity contribution in [2.45, 2.75) is 31.5 Å². The predicted octanol–water partition coefficient (Wildman–Crippen LogP) is 2.61. The Morgan fingerprint density at radius 3 is 2.84 bits per heavy atom. The second-order valence-corrected chi connectivity index (χ2v) is 6.81. The highest BCUT2D eigenvalue weighted by Crippen LogP contribution is 2.28. The fourth-order valence-electron chi connectivity index (χ4n) is 3.70. The molecule has 3 atom stereocenters. The van der Waals surface area contributed by atoms with E-state index in [1.54, 1.807) is 12.5 Å². The molecule has 0 bridgehead atoms. The van der Waals surface area contributed by atoms with Gasteiger partial charge in [0.2, 0.25) is 0 Å². The van der Waals surface area contributed by atoms with Gasteiger partial charge in [0, 0.05) is 24.5 Å². The van der Waals surface area contributed by atoms with Crippen LogP contribution in [0, 0.1) is 5.92 Å². The number of aliphatic hydroxyl groups is 1. The summed E-state index contributed by atoms with van der Waals surface area (Å²) in [6.07, 6.45) is 6.43. The van der Waals surface area contributed by atoms with Gasteiger partial charge in [0.05, 0.1) is 18.5 Å². The third-order valence-electron chi connectivity index (χ3n) is 4.98. The second-order valence-electron chi connectivity index (χ2n) is 6.81. The van der Waals surface area contributed by atoms with Crippen LogP contribution in [-0.4, -0.2) is 32.7 Å². The lowest BCUT2D eigenvalue weighted by Gasteiger charge is -2.16. The molecule has 1 aliphatic rings. The molecule has 0 saturated heterocycles. The van der Waals surface area contributed by atoms with Crippen LogP contribution in [-0.2, 0) is 6.54 Å². The topological polar surface area (TPSA) is 67.2 Å². The van der Waals surface area contributed by atoms with Crippen LogP contribution in [0.3, 0.4) is 0 Å². The number of carbonyl (C=O) groups excluding carboxylic acids is 1. The van der Waals surface area contributed by atoms with Gasteiger partial charge in [0.1, 0.15) is 0 Å². The van der Waals surface area contributed by atoms with E-state index >= 15 is 0 Å². The lowest BCUT2D eigenvalue weighted by Crippen LogP contribution is -2.39. The SMILES string of the molecule is O=C(N[C@@H]1CC(Cn2ccnc2)C[C@H]1O)c1ccc2ccccc2c1. The van der Waals surface area contributed by atoms with Crippen LogP contribution in [0.1, 0.15) is 23.2 Å². The van der Waals surface area contributed by atoms with Gasteiger partial charge in [-0.25, -0.2) is 4.98 Å². The Morgan fingerprint density at radius 2 is 2.04 bits per heavy atom. The van der Waals surface area contributed by atoms with Crippen molar-refractivity contribution in [3.05, 3.63) is 66.7 Å². The van der Waals surface area contributed by atoms with Gasteiger partial charge in [0.15, 0.2) is 0 Å². The Hall–Kier alpha value is -2.66. The van der Waals surface area contributed by atoms with Crippen molar-refractivity contribution in [1.82, 2.24) is 14.9 Å². The average molecular weight is 335 g/mol. The van der Waals surface area contributed by atoms with Gasteiger partial charge < -0.3 is 15.0 Å². The Morgan fingerprint density at radius 1 is 1.20 bits per heavy atom. The summed E-state index contributed by atoms with van der Waals surface area (Å²) >= 11 is 0. The lowest BCUT2D eigenvalue weighted by atomic mass is 10.1. The van der Waals surface area contributed by atoms with Crippen molar-refractivity contribution >= 4 is 16.7 Å². The van der Waals surface area contributed by atoms with E-state index in [0.717, 1.165) is 23.7 Å². The van der Waals surface area contributed by atoms with E-state index in [0.29, 0.717) is 17.9 Å². The Balaban J connectivity index is 1.42. The minimum atomic E-state index is -0.502. The van der Waals surface area contributed by atoms with Gasteiger partial charge in [-0.2, -0.15) is 0 Å². The van der Waals surface area contributed by atoms with Crippen LogP contribution in [0.25, 0.3) is 10.8 Å². The number of nitrogens with one attached hydrogen (secondary N) is 1. The lowest BCUT2D eigenvalue weighted by molar-refractivity contribution is 0.0873. The number of carbonyl (C=O) groups is 1. The Bertz CT molecular complexity index is 876. The first-order chi connectivity index (χ1) is 12.2. The summed E-state index contributed by atoms with van der Waals surface area (Å²) in [5, 5.41) is 15.5. The van der Waals surface area contributed by atoms with Crippen molar-refractivity contribution in [3.8, 4) is 0 Å². The van der Waals surface area contributed by atoms with E-state index in [4.69, 9.17) is 0 Å². The number of nitrogens with zero attached hydrogens (tertiary/aromatic N) is 2. The molecule has 128 valence electrons. The van der Waals surface area contributed by atoms with Crippen LogP contribution in [0.5, 0.6) is 0 Å². The zero-order valence-electron chi connectivity index (χ0n) is 13.9. The summed E-state index contributed by atoms with van der Waals surface area (Å²) in [6, 6.07) is 13.5. The second kappa shape index (κ2) is 6.69. The van der Waals surface area contributed by atoms with Crippen molar-refractivity contribution in [2.75, 3.05) is 0 Å². The molecule has 5 nitrogen and oxygen atoms in total. The van der Waals surface area contributed by atoms with Crippen LogP contribution in [0.2, 0.25) is 0 Å². The number of rotatable bonds is 4. The molecular formula is C20H21N3O2. The Labute approximate surface area is 146 Å². The first-order valence-corrected chi connectivity index (χ1v) is 8.62. The number of hydrogen-bond acceptors (Lipinski definition) is 3. The van der Waals surface area contributed by atoms with E-state index in [1.165, 1.54) is 0 Å². The monoisotopic (exact) mass is 335 g/mol. The smallest absolute Gasteiger partial charge is 0.251 e. The number of amides is 1. The molecule has 25 heavy (non-hydrogen) atoms. The first-order valence-electron chi connectivity index (χ1n) is 8.62. The molecule has 3 aromatic rings. The van der Waals surface area contributed by atoms with E-state index in [1.807, 2.05) is 53.2 Å². The Kier molecular flexibility index (Phi) is 4.24. The number of aliphatic hydroxyl groups excluding tert-OH is 1. The standard InChI is InChI=1S/C20H21N3O2/c24-19-10-14(12-23-8-7-21-13-23)9-18(19)22-20(25)17-6-5-15-3-1-2-4-16(15)11-17/h1-8,11,13-14,18-19,24H,9-10,12H2,(H,22,25)/t14?,18-,19-/m1/s1. The molecule has 1 amide bonds. The number of fused-ring (bicyclic) bond motifs is 1. The minimum Gasteiger partial charge on any atom is -0.391 e. The predicted molar refractivity (Wildman–Crippen MR) is 96.2 cm³/mol. The molecule has 2 aromatic carbocycles. The molecule has 1 unspecified atom stereocenters. The molecule has 0 aliphatic heterocycles. The summed E-state index contributed by atoms with van der Waals surface area (Å²) in [5.74, 6) is 0.212. The molecule has 1 heterocycles. The molecule has 1 aliphatic carbocycles.